The van der Waals surface area contributed by atoms with Gasteiger partial charge in [0.15, 0.2) is 11.6 Å². The molecule has 26 heavy (non-hydrogen) atoms. The van der Waals surface area contributed by atoms with Crippen molar-refractivity contribution in [3.05, 3.63) is 52.9 Å². The number of hydrogen-bond acceptors (Lipinski definition) is 9. The second-order valence-electron chi connectivity index (χ2n) is 5.35. The molecule has 0 spiro atoms. The number of hydrogen-bond donors (Lipinski definition) is 1. The highest BCUT2D eigenvalue weighted by Crippen LogP contribution is 2.31. The van der Waals surface area contributed by atoms with E-state index in [9.17, 15) is 4.79 Å². The van der Waals surface area contributed by atoms with Crippen molar-refractivity contribution < 1.29 is 9.32 Å². The quantitative estimate of drug-likeness (QED) is 0.872. The van der Waals surface area contributed by atoms with E-state index in [1.807, 2.05) is 0 Å². The predicted octanol–water partition coefficient (Wildman–Crippen LogP) is 2.33. The van der Waals surface area contributed by atoms with Gasteiger partial charge in [0.1, 0.15) is 6.04 Å². The monoisotopic (exact) mass is 371 g/mol. The molecule has 0 fully saturated rings. The minimum absolute atomic E-state index is 0.256. The van der Waals surface area contributed by atoms with Crippen LogP contribution in [0.3, 0.4) is 0 Å². The zero-order valence-electron chi connectivity index (χ0n) is 14.3. The number of aromatic nitrogens is 4. The normalized spacial score (nSPS) is 19.1. The molecule has 1 aliphatic rings. The number of rotatable bonds is 4. The highest BCUT2D eigenvalue weighted by molar-refractivity contribution is 8.07. The fraction of sp³-hybridized carbons (Fsp3) is 0.250. The maximum absolute atomic E-state index is 12.6. The SMILES string of the molecule is C=C1S/C(C(=O)N[C@H](C)c2nc(C)no2)=C\C/C=N\N1c1cnccn1. The van der Waals surface area contributed by atoms with E-state index in [4.69, 9.17) is 4.52 Å². The average Bonchev–Trinajstić information content (AvgIpc) is 3.05. The molecular weight excluding hydrogens is 354 g/mol. The maximum Gasteiger partial charge on any atom is 0.258 e. The van der Waals surface area contributed by atoms with Crippen molar-refractivity contribution in [3.63, 3.8) is 0 Å². The second-order valence-corrected chi connectivity index (χ2v) is 6.46. The first-order chi connectivity index (χ1) is 12.5. The van der Waals surface area contributed by atoms with E-state index in [1.54, 1.807) is 49.7 Å². The van der Waals surface area contributed by atoms with Crippen LogP contribution in [0.15, 0.2) is 50.8 Å². The lowest BCUT2D eigenvalue weighted by Gasteiger charge is -2.21. The number of hydrazone groups is 1. The molecule has 3 heterocycles. The number of carbonyl (C=O) groups excluding carboxylic acids is 1. The summed E-state index contributed by atoms with van der Waals surface area (Å²) in [5.74, 6) is 1.14. The number of aryl methyl sites for hydroxylation is 1. The number of amides is 1. The number of carbonyl (C=O) groups is 1. The molecule has 3 rings (SSSR count). The van der Waals surface area contributed by atoms with Crippen molar-refractivity contribution in [3.8, 4) is 0 Å². The molecule has 2 aromatic heterocycles. The maximum atomic E-state index is 12.6. The number of nitrogens with zero attached hydrogens (tertiary/aromatic N) is 6. The molecule has 2 aromatic rings. The Labute approximate surface area is 154 Å². The fourth-order valence-corrected chi connectivity index (χ4v) is 2.92. The molecule has 1 aliphatic heterocycles. The van der Waals surface area contributed by atoms with Crippen molar-refractivity contribution in [2.24, 2.45) is 5.10 Å². The number of allylic oxidation sites excluding steroid dienone is 1. The summed E-state index contributed by atoms with van der Waals surface area (Å²) in [6, 6.07) is -0.409. The van der Waals surface area contributed by atoms with Crippen LogP contribution in [0.4, 0.5) is 5.82 Å². The molecule has 0 unspecified atom stereocenters. The Hall–Kier alpha value is -3.01. The molecule has 0 bridgehead atoms. The average molecular weight is 371 g/mol. The Morgan fingerprint density at radius 2 is 2.31 bits per heavy atom. The lowest BCUT2D eigenvalue weighted by atomic mass is 10.3. The van der Waals surface area contributed by atoms with Gasteiger partial charge in [0.25, 0.3) is 5.91 Å². The van der Waals surface area contributed by atoms with E-state index in [0.717, 1.165) is 0 Å². The lowest BCUT2D eigenvalue weighted by Crippen LogP contribution is -2.28. The molecule has 0 saturated heterocycles. The Kier molecular flexibility index (Phi) is 5.42. The van der Waals surface area contributed by atoms with Crippen molar-refractivity contribution in [2.75, 3.05) is 5.01 Å². The Bertz CT molecular complexity index is 862. The molecule has 1 amide bonds. The first kappa shape index (κ1) is 17.8. The first-order valence-corrected chi connectivity index (χ1v) is 8.63. The third-order valence-corrected chi connectivity index (χ3v) is 4.30. The number of thioether (sulfide) groups is 1. The molecule has 0 radical (unpaired) electrons. The van der Waals surface area contributed by atoms with Gasteiger partial charge in [0.05, 0.1) is 16.1 Å². The van der Waals surface area contributed by atoms with Gasteiger partial charge in [-0.1, -0.05) is 29.6 Å². The number of nitrogens with one attached hydrogen (secondary N) is 1. The standard InChI is InChI=1S/C16H17N7O2S/c1-10(16-21-11(2)22-25-16)20-15(24)13-5-4-6-19-23(12(3)26-13)14-9-17-7-8-18-14/h5-10H,3-4H2,1-2H3,(H,20,24)/b13-5-,19-6-/t10-/m1/s1. The Balaban J connectivity index is 1.71. The molecule has 0 saturated carbocycles. The molecule has 10 heteroatoms. The first-order valence-electron chi connectivity index (χ1n) is 7.81. The molecule has 1 atom stereocenters. The van der Waals surface area contributed by atoms with Gasteiger partial charge in [-0.25, -0.2) is 9.99 Å². The summed E-state index contributed by atoms with van der Waals surface area (Å²) in [5.41, 5.74) is 0. The van der Waals surface area contributed by atoms with Crippen molar-refractivity contribution >= 4 is 29.7 Å². The molecule has 9 nitrogen and oxygen atoms in total. The van der Waals surface area contributed by atoms with Gasteiger partial charge in [-0.05, 0) is 13.8 Å². The highest BCUT2D eigenvalue weighted by atomic mass is 32.2. The van der Waals surface area contributed by atoms with Crippen LogP contribution in [0.1, 0.15) is 31.1 Å². The Morgan fingerprint density at radius 3 is 3.00 bits per heavy atom. The lowest BCUT2D eigenvalue weighted by molar-refractivity contribution is -0.117. The molecule has 1 N–H and O–H groups in total. The summed E-state index contributed by atoms with van der Waals surface area (Å²) in [6.07, 6.45) is 8.68. The summed E-state index contributed by atoms with van der Waals surface area (Å²) in [6.45, 7) is 7.49. The molecule has 0 aromatic carbocycles. The van der Waals surface area contributed by atoms with E-state index in [1.165, 1.54) is 11.8 Å². The third kappa shape index (κ3) is 4.14. The van der Waals surface area contributed by atoms with Crippen LogP contribution in [0.25, 0.3) is 0 Å². The zero-order valence-corrected chi connectivity index (χ0v) is 15.1. The highest BCUT2D eigenvalue weighted by Gasteiger charge is 2.22. The van der Waals surface area contributed by atoms with Crippen molar-refractivity contribution in [1.29, 1.82) is 0 Å². The second kappa shape index (κ2) is 7.91. The van der Waals surface area contributed by atoms with Crippen LogP contribution in [-0.4, -0.2) is 32.2 Å². The summed E-state index contributed by atoms with van der Waals surface area (Å²) in [7, 11) is 0. The fourth-order valence-electron chi connectivity index (χ4n) is 2.11. The van der Waals surface area contributed by atoms with Crippen LogP contribution in [0.2, 0.25) is 0 Å². The minimum Gasteiger partial charge on any atom is -0.340 e. The van der Waals surface area contributed by atoms with Gasteiger partial charge in [0, 0.05) is 25.0 Å². The molecule has 0 aliphatic carbocycles. The molecule has 134 valence electrons. The van der Waals surface area contributed by atoms with E-state index in [0.29, 0.717) is 33.9 Å². The topological polar surface area (TPSA) is 109 Å². The van der Waals surface area contributed by atoms with E-state index in [2.05, 4.69) is 37.1 Å². The van der Waals surface area contributed by atoms with Gasteiger partial charge >= 0.3 is 0 Å². The van der Waals surface area contributed by atoms with Crippen molar-refractivity contribution in [2.45, 2.75) is 26.3 Å². The largest absolute Gasteiger partial charge is 0.340 e. The minimum atomic E-state index is -0.409. The van der Waals surface area contributed by atoms with Gasteiger partial charge < -0.3 is 9.84 Å². The van der Waals surface area contributed by atoms with Crippen LogP contribution < -0.4 is 10.3 Å². The molecular formula is C16H17N7O2S. The van der Waals surface area contributed by atoms with Gasteiger partial charge in [-0.15, -0.1) is 0 Å². The van der Waals surface area contributed by atoms with E-state index in [-0.39, 0.29) is 5.91 Å². The van der Waals surface area contributed by atoms with E-state index >= 15 is 0 Å². The van der Waals surface area contributed by atoms with Crippen LogP contribution in [0.5, 0.6) is 0 Å². The van der Waals surface area contributed by atoms with Crippen LogP contribution >= 0.6 is 11.8 Å². The predicted molar refractivity (Wildman–Crippen MR) is 98.0 cm³/mol. The van der Waals surface area contributed by atoms with E-state index < -0.39 is 6.04 Å². The zero-order chi connectivity index (χ0) is 18.5. The number of anilines is 1. The Morgan fingerprint density at radius 1 is 1.46 bits per heavy atom. The third-order valence-electron chi connectivity index (χ3n) is 3.32. The summed E-state index contributed by atoms with van der Waals surface area (Å²) in [4.78, 5) is 25.5. The van der Waals surface area contributed by atoms with Crippen LogP contribution in [0, 0.1) is 6.92 Å². The van der Waals surface area contributed by atoms with Crippen molar-refractivity contribution in [1.82, 2.24) is 25.4 Å². The van der Waals surface area contributed by atoms with Crippen LogP contribution in [-0.2, 0) is 4.79 Å². The summed E-state index contributed by atoms with van der Waals surface area (Å²) < 4.78 is 5.09. The van der Waals surface area contributed by atoms with Gasteiger partial charge in [-0.3, -0.25) is 9.78 Å². The summed E-state index contributed by atoms with van der Waals surface area (Å²) in [5, 5.41) is 13.0. The summed E-state index contributed by atoms with van der Waals surface area (Å²) >= 11 is 1.21. The smallest absolute Gasteiger partial charge is 0.258 e. The van der Waals surface area contributed by atoms with Gasteiger partial charge in [0.2, 0.25) is 5.89 Å². The van der Waals surface area contributed by atoms with Gasteiger partial charge in [-0.2, -0.15) is 10.1 Å².